The van der Waals surface area contributed by atoms with Crippen LogP contribution in [-0.4, -0.2) is 45.5 Å². The van der Waals surface area contributed by atoms with Crippen LogP contribution in [0.1, 0.15) is 0 Å². The molecule has 9 heteroatoms. The van der Waals surface area contributed by atoms with Crippen LogP contribution in [0, 0.1) is 11.3 Å². The number of carbonyl (C=O) groups excluding carboxylic acids is 1. The first-order chi connectivity index (χ1) is 13.2. The van der Waals surface area contributed by atoms with Gasteiger partial charge in [0.05, 0.1) is 24.6 Å². The lowest BCUT2D eigenvalue weighted by Gasteiger charge is -2.19. The lowest BCUT2D eigenvalue weighted by molar-refractivity contribution is -0.116. The van der Waals surface area contributed by atoms with Crippen molar-refractivity contribution in [2.24, 2.45) is 0 Å². The Labute approximate surface area is 160 Å². The lowest BCUT2D eigenvalue weighted by Crippen LogP contribution is -2.32. The Balaban J connectivity index is 1.72. The summed E-state index contributed by atoms with van der Waals surface area (Å²) in [6.07, 6.45) is 0. The van der Waals surface area contributed by atoms with Gasteiger partial charge in [0.1, 0.15) is 12.3 Å². The van der Waals surface area contributed by atoms with Crippen molar-refractivity contribution < 1.29 is 9.53 Å². The van der Waals surface area contributed by atoms with Gasteiger partial charge in [0.25, 0.3) is 0 Å². The van der Waals surface area contributed by atoms with Crippen LogP contribution in [0.5, 0.6) is 5.75 Å². The standard InChI is InChI=1S/C18H16N6O2S/c1-26-16-9-7-15(8-10-16)24-18(20-21-22-24)27-13-17(25)23(12-11-19)14-5-3-2-4-6-14/h2-10H,12-13H2,1H3. The normalized spacial score (nSPS) is 10.2. The second-order valence-electron chi connectivity index (χ2n) is 5.33. The number of hydrogen-bond acceptors (Lipinski definition) is 7. The van der Waals surface area contributed by atoms with E-state index in [0.717, 1.165) is 11.4 Å². The number of anilines is 1. The third-order valence-corrected chi connectivity index (χ3v) is 4.58. The summed E-state index contributed by atoms with van der Waals surface area (Å²) in [4.78, 5) is 14.1. The average Bonchev–Trinajstić information content (AvgIpc) is 3.19. The molecule has 0 aliphatic heterocycles. The fourth-order valence-electron chi connectivity index (χ4n) is 2.36. The second-order valence-corrected chi connectivity index (χ2v) is 6.28. The highest BCUT2D eigenvalue weighted by molar-refractivity contribution is 7.99. The van der Waals surface area contributed by atoms with Gasteiger partial charge in [-0.15, -0.1) is 5.10 Å². The fraction of sp³-hybridized carbons (Fsp3) is 0.167. The van der Waals surface area contributed by atoms with E-state index in [2.05, 4.69) is 15.5 Å². The molecule has 3 rings (SSSR count). The van der Waals surface area contributed by atoms with Crippen LogP contribution in [-0.2, 0) is 4.79 Å². The fourth-order valence-corrected chi connectivity index (χ4v) is 3.13. The number of nitrogens with zero attached hydrogens (tertiary/aromatic N) is 6. The van der Waals surface area contributed by atoms with Crippen molar-refractivity contribution in [1.82, 2.24) is 20.2 Å². The number of nitriles is 1. The van der Waals surface area contributed by atoms with Crippen LogP contribution in [0.2, 0.25) is 0 Å². The number of rotatable bonds is 7. The predicted octanol–water partition coefficient (Wildman–Crippen LogP) is 2.32. The van der Waals surface area contributed by atoms with Crippen LogP contribution >= 0.6 is 11.8 Å². The Hall–Kier alpha value is -3.38. The molecule has 3 aromatic rings. The molecule has 2 aromatic carbocycles. The number of benzene rings is 2. The minimum absolute atomic E-state index is 0.0210. The molecule has 0 fully saturated rings. The summed E-state index contributed by atoms with van der Waals surface area (Å²) < 4.78 is 6.69. The molecular weight excluding hydrogens is 364 g/mol. The molecule has 1 aromatic heterocycles. The Morgan fingerprint density at radius 1 is 1.22 bits per heavy atom. The van der Waals surface area contributed by atoms with E-state index in [4.69, 9.17) is 10.00 Å². The van der Waals surface area contributed by atoms with E-state index in [9.17, 15) is 4.79 Å². The van der Waals surface area contributed by atoms with Crippen molar-refractivity contribution in [3.63, 3.8) is 0 Å². The summed E-state index contributed by atoms with van der Waals surface area (Å²) in [5, 5.41) is 21.2. The molecule has 0 bridgehead atoms. The first kappa shape index (κ1) is 18.4. The van der Waals surface area contributed by atoms with E-state index in [1.54, 1.807) is 36.1 Å². The van der Waals surface area contributed by atoms with Gasteiger partial charge < -0.3 is 4.74 Å². The summed E-state index contributed by atoms with van der Waals surface area (Å²) in [6.45, 7) is -0.0210. The summed E-state index contributed by atoms with van der Waals surface area (Å²) in [5.41, 5.74) is 1.44. The number of amides is 1. The van der Waals surface area contributed by atoms with Gasteiger partial charge in [0.2, 0.25) is 11.1 Å². The molecule has 0 N–H and O–H groups in total. The van der Waals surface area contributed by atoms with Gasteiger partial charge in [0.15, 0.2) is 0 Å². The molecule has 0 atom stereocenters. The van der Waals surface area contributed by atoms with Gasteiger partial charge in [-0.05, 0) is 46.8 Å². The number of para-hydroxylation sites is 1. The highest BCUT2D eigenvalue weighted by atomic mass is 32.2. The number of ether oxygens (including phenoxy) is 1. The molecule has 1 heterocycles. The molecule has 0 unspecified atom stereocenters. The summed E-state index contributed by atoms with van der Waals surface area (Å²) in [5.74, 6) is 0.635. The molecule has 27 heavy (non-hydrogen) atoms. The van der Waals surface area contributed by atoms with Gasteiger partial charge in [-0.25, -0.2) is 0 Å². The molecule has 8 nitrogen and oxygen atoms in total. The molecule has 1 amide bonds. The maximum atomic E-state index is 12.6. The van der Waals surface area contributed by atoms with Crippen LogP contribution in [0.4, 0.5) is 5.69 Å². The molecule has 0 aliphatic carbocycles. The quantitative estimate of drug-likeness (QED) is 0.458. The van der Waals surface area contributed by atoms with Gasteiger partial charge in [-0.3, -0.25) is 9.69 Å². The maximum Gasteiger partial charge on any atom is 0.238 e. The molecule has 0 radical (unpaired) electrons. The monoisotopic (exact) mass is 380 g/mol. The first-order valence-corrected chi connectivity index (χ1v) is 8.99. The first-order valence-electron chi connectivity index (χ1n) is 8.01. The number of thioether (sulfide) groups is 1. The maximum absolute atomic E-state index is 12.6. The number of hydrogen-bond donors (Lipinski definition) is 0. The Morgan fingerprint density at radius 3 is 2.63 bits per heavy atom. The predicted molar refractivity (Wildman–Crippen MR) is 101 cm³/mol. The smallest absolute Gasteiger partial charge is 0.238 e. The van der Waals surface area contributed by atoms with Crippen LogP contribution < -0.4 is 9.64 Å². The zero-order valence-electron chi connectivity index (χ0n) is 14.5. The van der Waals surface area contributed by atoms with Gasteiger partial charge >= 0.3 is 0 Å². The van der Waals surface area contributed by atoms with Crippen molar-refractivity contribution in [3.05, 3.63) is 54.6 Å². The van der Waals surface area contributed by atoms with Crippen molar-refractivity contribution in [2.45, 2.75) is 5.16 Å². The Morgan fingerprint density at radius 2 is 1.96 bits per heavy atom. The van der Waals surface area contributed by atoms with E-state index < -0.39 is 0 Å². The number of carbonyl (C=O) groups is 1. The van der Waals surface area contributed by atoms with Gasteiger partial charge in [-0.1, -0.05) is 30.0 Å². The van der Waals surface area contributed by atoms with Crippen molar-refractivity contribution in [3.8, 4) is 17.5 Å². The number of methoxy groups -OCH3 is 1. The minimum Gasteiger partial charge on any atom is -0.497 e. The number of tetrazole rings is 1. The topological polar surface area (TPSA) is 96.9 Å². The zero-order valence-corrected chi connectivity index (χ0v) is 15.3. The number of aromatic nitrogens is 4. The van der Waals surface area contributed by atoms with E-state index in [1.807, 2.05) is 36.4 Å². The Kier molecular flexibility index (Phi) is 6.02. The third kappa shape index (κ3) is 4.43. The molecule has 0 aliphatic rings. The average molecular weight is 380 g/mol. The third-order valence-electron chi connectivity index (χ3n) is 3.68. The van der Waals surface area contributed by atoms with Crippen LogP contribution in [0.25, 0.3) is 5.69 Å². The van der Waals surface area contributed by atoms with Crippen molar-refractivity contribution in [1.29, 1.82) is 5.26 Å². The molecule has 136 valence electrons. The van der Waals surface area contributed by atoms with Crippen molar-refractivity contribution >= 4 is 23.4 Å². The molecule has 0 spiro atoms. The highest BCUT2D eigenvalue weighted by Gasteiger charge is 2.18. The van der Waals surface area contributed by atoms with Gasteiger partial charge in [-0.2, -0.15) is 9.94 Å². The summed E-state index contributed by atoms with van der Waals surface area (Å²) in [7, 11) is 1.60. The zero-order chi connectivity index (χ0) is 19.1. The SMILES string of the molecule is COc1ccc(-n2nnnc2SCC(=O)N(CC#N)c2ccccc2)cc1. The second kappa shape index (κ2) is 8.82. The van der Waals surface area contributed by atoms with E-state index in [1.165, 1.54) is 16.7 Å². The lowest BCUT2D eigenvalue weighted by atomic mass is 10.3. The van der Waals surface area contributed by atoms with Crippen LogP contribution in [0.3, 0.4) is 0 Å². The molecule has 0 saturated heterocycles. The van der Waals surface area contributed by atoms with E-state index in [-0.39, 0.29) is 18.2 Å². The highest BCUT2D eigenvalue weighted by Crippen LogP contribution is 2.22. The van der Waals surface area contributed by atoms with Crippen molar-refractivity contribution in [2.75, 3.05) is 24.3 Å². The molecular formula is C18H16N6O2S. The van der Waals surface area contributed by atoms with Crippen LogP contribution in [0.15, 0.2) is 59.8 Å². The largest absolute Gasteiger partial charge is 0.497 e. The minimum atomic E-state index is -0.197. The summed E-state index contributed by atoms with van der Waals surface area (Å²) >= 11 is 1.21. The van der Waals surface area contributed by atoms with E-state index >= 15 is 0 Å². The van der Waals surface area contributed by atoms with Gasteiger partial charge in [0, 0.05) is 5.69 Å². The van der Waals surface area contributed by atoms with E-state index in [0.29, 0.717) is 10.8 Å². The summed E-state index contributed by atoms with van der Waals surface area (Å²) in [6, 6.07) is 18.4. The molecule has 0 saturated carbocycles. The Bertz CT molecular complexity index is 936.